The Morgan fingerprint density at radius 2 is 1.75 bits per heavy atom. The Morgan fingerprint density at radius 1 is 1.00 bits per heavy atom. The van der Waals surface area contributed by atoms with Gasteiger partial charge in [-0.1, -0.05) is 12.1 Å². The lowest BCUT2D eigenvalue weighted by atomic mass is 10.1. The molecule has 1 unspecified atom stereocenters. The molecule has 0 saturated carbocycles. The van der Waals surface area contributed by atoms with Crippen molar-refractivity contribution in [3.8, 4) is 0 Å². The van der Waals surface area contributed by atoms with Crippen LogP contribution in [0.4, 0.5) is 5.69 Å². The minimum Gasteiger partial charge on any atom is -0.395 e. The fourth-order valence-corrected chi connectivity index (χ4v) is 3.52. The summed E-state index contributed by atoms with van der Waals surface area (Å²) in [5.74, 6) is 0. The summed E-state index contributed by atoms with van der Waals surface area (Å²) < 4.78 is 0. The van der Waals surface area contributed by atoms with Crippen molar-refractivity contribution in [3.63, 3.8) is 0 Å². The van der Waals surface area contributed by atoms with Gasteiger partial charge in [-0.15, -0.1) is 0 Å². The van der Waals surface area contributed by atoms with Gasteiger partial charge in [0.25, 0.3) is 0 Å². The summed E-state index contributed by atoms with van der Waals surface area (Å²) in [6.07, 6.45) is 6.15. The highest BCUT2D eigenvalue weighted by atomic mass is 16.3. The van der Waals surface area contributed by atoms with Crippen molar-refractivity contribution < 1.29 is 5.11 Å². The van der Waals surface area contributed by atoms with E-state index in [1.807, 2.05) is 0 Å². The predicted octanol–water partition coefficient (Wildman–Crippen LogP) is 2.29. The van der Waals surface area contributed by atoms with E-state index in [-0.39, 0.29) is 0 Å². The molecule has 2 aliphatic heterocycles. The van der Waals surface area contributed by atoms with Crippen molar-refractivity contribution in [2.24, 2.45) is 0 Å². The van der Waals surface area contributed by atoms with E-state index in [0.29, 0.717) is 12.6 Å². The molecular formula is C17H26N2O. The number of nitrogens with zero attached hydrogens (tertiary/aromatic N) is 2. The first-order valence-electron chi connectivity index (χ1n) is 8.05. The molecule has 20 heavy (non-hydrogen) atoms. The summed E-state index contributed by atoms with van der Waals surface area (Å²) in [6, 6.07) is 9.50. The van der Waals surface area contributed by atoms with Crippen molar-refractivity contribution in [2.45, 2.75) is 38.1 Å². The maximum Gasteiger partial charge on any atom is 0.0586 e. The third-order valence-electron chi connectivity index (χ3n) is 4.81. The van der Waals surface area contributed by atoms with Crippen LogP contribution in [0.5, 0.6) is 0 Å². The third kappa shape index (κ3) is 3.15. The molecule has 0 aromatic heterocycles. The lowest BCUT2D eigenvalue weighted by Gasteiger charge is -2.22. The number of hydrogen-bond donors (Lipinski definition) is 1. The molecule has 110 valence electrons. The number of hydrogen-bond acceptors (Lipinski definition) is 3. The second kappa shape index (κ2) is 6.59. The molecule has 1 aromatic rings. The molecule has 1 atom stereocenters. The van der Waals surface area contributed by atoms with Gasteiger partial charge in [-0.25, -0.2) is 0 Å². The van der Waals surface area contributed by atoms with Gasteiger partial charge < -0.3 is 10.0 Å². The van der Waals surface area contributed by atoms with Gasteiger partial charge in [-0.05, 0) is 56.3 Å². The van der Waals surface area contributed by atoms with E-state index >= 15 is 0 Å². The topological polar surface area (TPSA) is 26.7 Å². The maximum absolute atomic E-state index is 9.34. The molecule has 0 bridgehead atoms. The van der Waals surface area contributed by atoms with Crippen LogP contribution < -0.4 is 4.90 Å². The van der Waals surface area contributed by atoms with Crippen LogP contribution in [0.3, 0.4) is 0 Å². The molecule has 0 amide bonds. The smallest absolute Gasteiger partial charge is 0.0586 e. The minimum atomic E-state index is 0.313. The van der Waals surface area contributed by atoms with Gasteiger partial charge in [-0.3, -0.25) is 4.90 Å². The zero-order valence-electron chi connectivity index (χ0n) is 12.3. The predicted molar refractivity (Wildman–Crippen MR) is 83.3 cm³/mol. The van der Waals surface area contributed by atoms with Crippen molar-refractivity contribution in [3.05, 3.63) is 29.8 Å². The molecule has 2 saturated heterocycles. The maximum atomic E-state index is 9.34. The van der Waals surface area contributed by atoms with Crippen LogP contribution >= 0.6 is 0 Å². The lowest BCUT2D eigenvalue weighted by Crippen LogP contribution is -2.33. The summed E-state index contributed by atoms with van der Waals surface area (Å²) in [4.78, 5) is 4.92. The van der Waals surface area contributed by atoms with Gasteiger partial charge in [0, 0.05) is 31.4 Å². The van der Waals surface area contributed by atoms with Gasteiger partial charge in [0.2, 0.25) is 0 Å². The fourth-order valence-electron chi connectivity index (χ4n) is 3.52. The summed E-state index contributed by atoms with van der Waals surface area (Å²) in [7, 11) is 0. The van der Waals surface area contributed by atoms with Crippen LogP contribution in [0.15, 0.2) is 24.3 Å². The van der Waals surface area contributed by atoms with Crippen LogP contribution in [0, 0.1) is 0 Å². The van der Waals surface area contributed by atoms with Gasteiger partial charge in [-0.2, -0.15) is 0 Å². The monoisotopic (exact) mass is 274 g/mol. The first-order chi connectivity index (χ1) is 9.86. The van der Waals surface area contributed by atoms with E-state index in [2.05, 4.69) is 34.1 Å². The Labute approximate surface area is 122 Å². The Balaban J connectivity index is 1.52. The Hall–Kier alpha value is -1.06. The zero-order valence-corrected chi connectivity index (χ0v) is 12.3. The molecule has 2 heterocycles. The van der Waals surface area contributed by atoms with E-state index in [4.69, 9.17) is 0 Å². The highest BCUT2D eigenvalue weighted by Gasteiger charge is 2.22. The molecule has 0 spiro atoms. The molecule has 0 radical (unpaired) electrons. The highest BCUT2D eigenvalue weighted by molar-refractivity contribution is 5.48. The Kier molecular flexibility index (Phi) is 4.58. The number of aliphatic hydroxyl groups excluding tert-OH is 1. The minimum absolute atomic E-state index is 0.313. The molecule has 2 aliphatic rings. The Morgan fingerprint density at radius 3 is 2.45 bits per heavy atom. The Bertz CT molecular complexity index is 412. The molecule has 1 N–H and O–H groups in total. The van der Waals surface area contributed by atoms with Crippen molar-refractivity contribution in [2.75, 3.05) is 37.7 Å². The second-order valence-electron chi connectivity index (χ2n) is 6.13. The number of likely N-dealkylation sites (tertiary alicyclic amines) is 1. The van der Waals surface area contributed by atoms with Gasteiger partial charge in [0.05, 0.1) is 6.61 Å². The standard InChI is InChI=1S/C17H26N2O/c20-14-17-4-3-12-19(17)13-9-15-5-7-16(8-6-15)18-10-1-2-11-18/h5-8,17,20H,1-4,9-14H2. The van der Waals surface area contributed by atoms with Crippen LogP contribution in [-0.2, 0) is 6.42 Å². The molecular weight excluding hydrogens is 248 g/mol. The van der Waals surface area contributed by atoms with Crippen molar-refractivity contribution >= 4 is 5.69 Å². The average Bonchev–Trinajstić information content (AvgIpc) is 3.16. The third-order valence-corrected chi connectivity index (χ3v) is 4.81. The van der Waals surface area contributed by atoms with Crippen molar-refractivity contribution in [1.29, 1.82) is 0 Å². The summed E-state index contributed by atoms with van der Waals surface area (Å²) >= 11 is 0. The number of rotatable bonds is 5. The van der Waals surface area contributed by atoms with E-state index in [1.165, 1.54) is 43.6 Å². The first kappa shape index (κ1) is 13.9. The molecule has 2 fully saturated rings. The van der Waals surface area contributed by atoms with Crippen LogP contribution in [0.25, 0.3) is 0 Å². The summed E-state index contributed by atoms with van der Waals surface area (Å²) in [6.45, 7) is 4.97. The largest absolute Gasteiger partial charge is 0.395 e. The first-order valence-corrected chi connectivity index (χ1v) is 8.05. The molecule has 3 rings (SSSR count). The quantitative estimate of drug-likeness (QED) is 0.892. The van der Waals surface area contributed by atoms with E-state index in [9.17, 15) is 5.11 Å². The van der Waals surface area contributed by atoms with Crippen LogP contribution in [0.1, 0.15) is 31.2 Å². The fraction of sp³-hybridized carbons (Fsp3) is 0.647. The van der Waals surface area contributed by atoms with Gasteiger partial charge in [0.1, 0.15) is 0 Å². The van der Waals surface area contributed by atoms with Crippen LogP contribution in [0.2, 0.25) is 0 Å². The molecule has 1 aromatic carbocycles. The molecule has 3 nitrogen and oxygen atoms in total. The van der Waals surface area contributed by atoms with Crippen LogP contribution in [-0.4, -0.2) is 48.8 Å². The zero-order chi connectivity index (χ0) is 13.8. The van der Waals surface area contributed by atoms with E-state index in [1.54, 1.807) is 0 Å². The van der Waals surface area contributed by atoms with E-state index in [0.717, 1.165) is 25.9 Å². The SMILES string of the molecule is OCC1CCCN1CCc1ccc(N2CCCC2)cc1. The number of benzene rings is 1. The summed E-state index contributed by atoms with van der Waals surface area (Å²) in [5.41, 5.74) is 2.79. The second-order valence-corrected chi connectivity index (χ2v) is 6.13. The molecule has 0 aliphatic carbocycles. The van der Waals surface area contributed by atoms with E-state index < -0.39 is 0 Å². The van der Waals surface area contributed by atoms with Crippen molar-refractivity contribution in [1.82, 2.24) is 4.90 Å². The van der Waals surface area contributed by atoms with Gasteiger partial charge >= 0.3 is 0 Å². The number of anilines is 1. The highest BCUT2D eigenvalue weighted by Crippen LogP contribution is 2.21. The lowest BCUT2D eigenvalue weighted by molar-refractivity contribution is 0.160. The van der Waals surface area contributed by atoms with Gasteiger partial charge in [0.15, 0.2) is 0 Å². The normalized spacial score (nSPS) is 23.6. The molecule has 3 heteroatoms. The summed E-state index contributed by atoms with van der Waals surface area (Å²) in [5, 5.41) is 9.34. The average molecular weight is 274 g/mol. The number of aliphatic hydroxyl groups is 1.